The summed E-state index contributed by atoms with van der Waals surface area (Å²) in [6.07, 6.45) is 1.41. The van der Waals surface area contributed by atoms with Crippen molar-refractivity contribution in [3.8, 4) is 0 Å². The number of carbonyl (C=O) groups is 1. The van der Waals surface area contributed by atoms with Gasteiger partial charge in [-0.05, 0) is 31.0 Å². The van der Waals surface area contributed by atoms with E-state index in [0.717, 1.165) is 0 Å². The summed E-state index contributed by atoms with van der Waals surface area (Å²) in [7, 11) is 3.42. The minimum absolute atomic E-state index is 0.00164. The SMILES string of the molecule is CN(C)C(=O)c1ccc(N)c(NC2(CO)CCOCC2)c1. The molecule has 1 heterocycles. The summed E-state index contributed by atoms with van der Waals surface area (Å²) in [6.45, 7) is 1.20. The van der Waals surface area contributed by atoms with Gasteiger partial charge in [0.15, 0.2) is 0 Å². The number of aliphatic hydroxyl groups is 1. The van der Waals surface area contributed by atoms with E-state index in [1.165, 1.54) is 4.90 Å². The smallest absolute Gasteiger partial charge is 0.253 e. The van der Waals surface area contributed by atoms with Crippen LogP contribution in [0.3, 0.4) is 0 Å². The van der Waals surface area contributed by atoms with Crippen LogP contribution in [-0.4, -0.2) is 55.4 Å². The molecule has 0 saturated carbocycles. The van der Waals surface area contributed by atoms with Gasteiger partial charge in [-0.2, -0.15) is 0 Å². The number of nitrogen functional groups attached to an aromatic ring is 1. The molecule has 1 saturated heterocycles. The molecule has 6 heteroatoms. The fourth-order valence-corrected chi connectivity index (χ4v) is 2.43. The number of rotatable bonds is 4. The fourth-order valence-electron chi connectivity index (χ4n) is 2.43. The molecule has 116 valence electrons. The number of amides is 1. The van der Waals surface area contributed by atoms with Crippen molar-refractivity contribution < 1.29 is 14.6 Å². The molecular formula is C15H23N3O3. The zero-order chi connectivity index (χ0) is 15.5. The van der Waals surface area contributed by atoms with Gasteiger partial charge in [0.1, 0.15) is 0 Å². The summed E-state index contributed by atoms with van der Waals surface area (Å²) >= 11 is 0. The molecule has 0 aliphatic carbocycles. The standard InChI is InChI=1S/C15H23N3O3/c1-18(2)14(20)11-3-4-12(16)13(9-11)17-15(10-19)5-7-21-8-6-15/h3-4,9,17,19H,5-8,10,16H2,1-2H3. The number of benzene rings is 1. The summed E-state index contributed by atoms with van der Waals surface area (Å²) < 4.78 is 5.34. The zero-order valence-corrected chi connectivity index (χ0v) is 12.6. The lowest BCUT2D eigenvalue weighted by Crippen LogP contribution is -2.47. The molecule has 0 bridgehead atoms. The second-order valence-electron chi connectivity index (χ2n) is 5.68. The Bertz CT molecular complexity index is 511. The lowest BCUT2D eigenvalue weighted by Gasteiger charge is -2.37. The predicted molar refractivity (Wildman–Crippen MR) is 82.4 cm³/mol. The van der Waals surface area contributed by atoms with Crippen LogP contribution in [-0.2, 0) is 4.74 Å². The van der Waals surface area contributed by atoms with Crippen LogP contribution in [0.5, 0.6) is 0 Å². The van der Waals surface area contributed by atoms with Gasteiger partial charge in [0.2, 0.25) is 0 Å². The first kappa shape index (κ1) is 15.6. The molecule has 4 N–H and O–H groups in total. The quantitative estimate of drug-likeness (QED) is 0.719. The Kier molecular flexibility index (Phi) is 4.69. The molecule has 2 rings (SSSR count). The van der Waals surface area contributed by atoms with Gasteiger partial charge in [0.05, 0.1) is 23.5 Å². The van der Waals surface area contributed by atoms with Crippen molar-refractivity contribution in [1.29, 1.82) is 0 Å². The van der Waals surface area contributed by atoms with Crippen LogP contribution in [0.1, 0.15) is 23.2 Å². The highest BCUT2D eigenvalue weighted by molar-refractivity contribution is 5.96. The Morgan fingerprint density at radius 2 is 2.10 bits per heavy atom. The Labute approximate surface area is 124 Å². The van der Waals surface area contributed by atoms with Crippen molar-refractivity contribution in [2.45, 2.75) is 18.4 Å². The zero-order valence-electron chi connectivity index (χ0n) is 12.6. The molecule has 0 aromatic heterocycles. The summed E-state index contributed by atoms with van der Waals surface area (Å²) in [6, 6.07) is 5.16. The Balaban J connectivity index is 2.26. The Hall–Kier alpha value is -1.79. The lowest BCUT2D eigenvalue weighted by molar-refractivity contribution is 0.0380. The van der Waals surface area contributed by atoms with E-state index in [9.17, 15) is 9.90 Å². The van der Waals surface area contributed by atoms with E-state index in [4.69, 9.17) is 10.5 Å². The van der Waals surface area contributed by atoms with Gasteiger partial charge in [-0.25, -0.2) is 0 Å². The van der Waals surface area contributed by atoms with Crippen molar-refractivity contribution in [2.75, 3.05) is 45.0 Å². The van der Waals surface area contributed by atoms with Gasteiger partial charge >= 0.3 is 0 Å². The molecule has 0 unspecified atom stereocenters. The summed E-state index contributed by atoms with van der Waals surface area (Å²) in [5, 5.41) is 13.0. The minimum atomic E-state index is -0.438. The molecule has 1 aliphatic heterocycles. The topological polar surface area (TPSA) is 87.8 Å². The van der Waals surface area contributed by atoms with E-state index in [1.54, 1.807) is 32.3 Å². The number of hydrogen-bond donors (Lipinski definition) is 3. The van der Waals surface area contributed by atoms with Gasteiger partial charge in [-0.3, -0.25) is 4.79 Å². The van der Waals surface area contributed by atoms with E-state index >= 15 is 0 Å². The van der Waals surface area contributed by atoms with Gasteiger partial charge in [-0.1, -0.05) is 0 Å². The van der Waals surface area contributed by atoms with E-state index in [2.05, 4.69) is 5.32 Å². The van der Waals surface area contributed by atoms with Crippen LogP contribution in [0.2, 0.25) is 0 Å². The summed E-state index contributed by atoms with van der Waals surface area (Å²) in [5.74, 6) is -0.0805. The first-order valence-electron chi connectivity index (χ1n) is 7.05. The van der Waals surface area contributed by atoms with Gasteiger partial charge in [0.25, 0.3) is 5.91 Å². The normalized spacial score (nSPS) is 17.3. The monoisotopic (exact) mass is 293 g/mol. The van der Waals surface area contributed by atoms with Gasteiger partial charge < -0.3 is 25.8 Å². The number of nitrogens with two attached hydrogens (primary N) is 1. The number of nitrogens with one attached hydrogen (secondary N) is 1. The first-order valence-corrected chi connectivity index (χ1v) is 7.05. The first-order chi connectivity index (χ1) is 9.97. The van der Waals surface area contributed by atoms with Crippen molar-refractivity contribution in [2.24, 2.45) is 0 Å². The van der Waals surface area contributed by atoms with E-state index < -0.39 is 5.54 Å². The van der Waals surface area contributed by atoms with Crippen LogP contribution in [0.25, 0.3) is 0 Å². The van der Waals surface area contributed by atoms with Crippen LogP contribution >= 0.6 is 0 Å². The average Bonchev–Trinajstić information content (AvgIpc) is 2.49. The second kappa shape index (κ2) is 6.32. The minimum Gasteiger partial charge on any atom is -0.397 e. The van der Waals surface area contributed by atoms with Crippen molar-refractivity contribution in [1.82, 2.24) is 4.90 Å². The molecule has 1 aromatic carbocycles. The number of ether oxygens (including phenoxy) is 1. The van der Waals surface area contributed by atoms with Crippen LogP contribution in [0, 0.1) is 0 Å². The van der Waals surface area contributed by atoms with Crippen LogP contribution in [0.15, 0.2) is 18.2 Å². The molecule has 1 fully saturated rings. The highest BCUT2D eigenvalue weighted by Crippen LogP contribution is 2.29. The number of aliphatic hydroxyl groups excluding tert-OH is 1. The van der Waals surface area contributed by atoms with Crippen LogP contribution < -0.4 is 11.1 Å². The second-order valence-corrected chi connectivity index (χ2v) is 5.68. The maximum absolute atomic E-state index is 12.0. The highest BCUT2D eigenvalue weighted by Gasteiger charge is 2.32. The number of anilines is 2. The molecule has 1 aromatic rings. The molecule has 1 amide bonds. The molecule has 0 spiro atoms. The third kappa shape index (κ3) is 3.46. The Morgan fingerprint density at radius 1 is 1.43 bits per heavy atom. The Morgan fingerprint density at radius 3 is 2.67 bits per heavy atom. The average molecular weight is 293 g/mol. The molecule has 0 radical (unpaired) electrons. The molecule has 0 atom stereocenters. The molecule has 1 aliphatic rings. The summed E-state index contributed by atoms with van der Waals surface area (Å²) in [5.41, 5.74) is 7.36. The largest absolute Gasteiger partial charge is 0.397 e. The third-order valence-electron chi connectivity index (χ3n) is 3.86. The number of nitrogens with zero attached hydrogens (tertiary/aromatic N) is 1. The molecular weight excluding hydrogens is 270 g/mol. The van der Waals surface area contributed by atoms with E-state index in [0.29, 0.717) is 43.0 Å². The predicted octanol–water partition coefficient (Wildman–Crippen LogP) is 0.924. The fraction of sp³-hybridized carbons (Fsp3) is 0.533. The van der Waals surface area contributed by atoms with Gasteiger partial charge in [0, 0.05) is 32.9 Å². The van der Waals surface area contributed by atoms with Gasteiger partial charge in [-0.15, -0.1) is 0 Å². The van der Waals surface area contributed by atoms with Crippen molar-refractivity contribution in [3.63, 3.8) is 0 Å². The van der Waals surface area contributed by atoms with E-state index in [1.807, 2.05) is 0 Å². The van der Waals surface area contributed by atoms with Crippen molar-refractivity contribution >= 4 is 17.3 Å². The number of hydrogen-bond acceptors (Lipinski definition) is 5. The highest BCUT2D eigenvalue weighted by atomic mass is 16.5. The maximum atomic E-state index is 12.0. The van der Waals surface area contributed by atoms with E-state index in [-0.39, 0.29) is 12.5 Å². The molecule has 6 nitrogen and oxygen atoms in total. The number of carbonyl (C=O) groups excluding carboxylic acids is 1. The van der Waals surface area contributed by atoms with Crippen LogP contribution in [0.4, 0.5) is 11.4 Å². The molecule has 21 heavy (non-hydrogen) atoms. The summed E-state index contributed by atoms with van der Waals surface area (Å²) in [4.78, 5) is 13.6. The lowest BCUT2D eigenvalue weighted by atomic mass is 9.90. The third-order valence-corrected chi connectivity index (χ3v) is 3.86. The maximum Gasteiger partial charge on any atom is 0.253 e. The van der Waals surface area contributed by atoms with Crippen molar-refractivity contribution in [3.05, 3.63) is 23.8 Å².